The van der Waals surface area contributed by atoms with Gasteiger partial charge in [-0.1, -0.05) is 88.7 Å². The van der Waals surface area contributed by atoms with Gasteiger partial charge in [-0.2, -0.15) is 0 Å². The number of ether oxygens (including phenoxy) is 2. The average molecular weight is 1060 g/mol. The summed E-state index contributed by atoms with van der Waals surface area (Å²) in [7, 11) is 2.80. The Balaban J connectivity index is 1.65. The van der Waals surface area contributed by atoms with Crippen LogP contribution in [0.1, 0.15) is 83.4 Å². The van der Waals surface area contributed by atoms with E-state index in [4.69, 9.17) is 9.47 Å². The number of carboxylic acid groups (broad SMARTS) is 1. The van der Waals surface area contributed by atoms with Crippen LogP contribution in [0.4, 0.5) is 0 Å². The number of nitrogens with one attached hydrogen (secondary N) is 5. The molecule has 76 heavy (non-hydrogen) atoms. The highest BCUT2D eigenvalue weighted by Gasteiger charge is 2.46. The molecule has 2 saturated heterocycles. The summed E-state index contributed by atoms with van der Waals surface area (Å²) in [6, 6.07) is 9.98. The number of hydrogen-bond acceptors (Lipinski definition) is 14. The number of benzene rings is 3. The summed E-state index contributed by atoms with van der Waals surface area (Å²) in [4.78, 5) is 130. The Kier molecular flexibility index (Phi) is 21.3. The van der Waals surface area contributed by atoms with Gasteiger partial charge in [0.15, 0.2) is 0 Å². The van der Waals surface area contributed by atoms with E-state index in [-0.39, 0.29) is 37.9 Å². The predicted molar refractivity (Wildman–Crippen MR) is 273 cm³/mol. The van der Waals surface area contributed by atoms with Crippen LogP contribution in [0.3, 0.4) is 0 Å². The van der Waals surface area contributed by atoms with E-state index in [1.165, 1.54) is 45.3 Å². The molecule has 0 aliphatic carbocycles. The highest BCUT2D eigenvalue weighted by Crippen LogP contribution is 2.26. The lowest BCUT2D eigenvalue weighted by Crippen LogP contribution is -2.65. The maximum absolute atomic E-state index is 15.2. The Morgan fingerprint density at radius 2 is 1.38 bits per heavy atom. The first-order chi connectivity index (χ1) is 36.0. The molecule has 2 aliphatic rings. The summed E-state index contributed by atoms with van der Waals surface area (Å²) in [6.45, 7) is 7.73. The van der Waals surface area contributed by atoms with Gasteiger partial charge in [-0.15, -0.1) is 0 Å². The molecule has 7 amide bonds. The molecule has 412 valence electrons. The van der Waals surface area contributed by atoms with E-state index in [9.17, 15) is 58.8 Å². The van der Waals surface area contributed by atoms with Crippen molar-refractivity contribution in [1.29, 1.82) is 0 Å². The number of carbonyl (C=O) groups is 9. The molecule has 2 aliphatic heterocycles. The largest absolute Gasteiger partial charge is 0.508 e. The Morgan fingerprint density at radius 3 is 1.97 bits per heavy atom. The molecule has 0 aromatic heterocycles. The van der Waals surface area contributed by atoms with E-state index >= 15 is 4.79 Å². The molecule has 2 bridgehead atoms. The van der Waals surface area contributed by atoms with E-state index in [0.29, 0.717) is 28.9 Å². The van der Waals surface area contributed by atoms with Crippen molar-refractivity contribution < 1.29 is 73.1 Å². The Labute approximate surface area is 441 Å². The molecule has 2 fully saturated rings. The SMILES string of the molecule is CC[C@H](C)[C@H](O)C(=O)N[C@@H](CCC(=O)O)C(=O)N[C@H]1C(=O)N[C@@H](Cc2ccccc2)C(=O)N[C@H]2CC[C@@H](O)N(C2=O)[C@@H](Cc2ccc(OC)cc2)C(=O)N(C)[C@@H](Cc2ccc(O)cc2)C(=O)N[C@H](C(C)C)C(=O)O[C@@H]1C. The van der Waals surface area contributed by atoms with Crippen molar-refractivity contribution >= 4 is 53.3 Å². The van der Waals surface area contributed by atoms with E-state index in [2.05, 4.69) is 26.6 Å². The van der Waals surface area contributed by atoms with Gasteiger partial charge in [0.05, 0.1) is 7.11 Å². The van der Waals surface area contributed by atoms with Gasteiger partial charge >= 0.3 is 11.9 Å². The number of carbonyl (C=O) groups excluding carboxylic acids is 8. The molecular formula is C54H71N7O15. The van der Waals surface area contributed by atoms with E-state index in [1.807, 2.05) is 0 Å². The summed E-state index contributed by atoms with van der Waals surface area (Å²) in [5.41, 5.74) is 1.54. The topological polar surface area (TPSA) is 320 Å². The van der Waals surface area contributed by atoms with Crippen molar-refractivity contribution in [2.75, 3.05) is 14.2 Å². The molecule has 0 spiro atoms. The van der Waals surface area contributed by atoms with Crippen molar-refractivity contribution in [3.63, 3.8) is 0 Å². The number of cyclic esters (lactones) is 1. The number of aliphatic carboxylic acids is 1. The normalized spacial score (nSPS) is 24.3. The van der Waals surface area contributed by atoms with Crippen LogP contribution in [0, 0.1) is 11.8 Å². The van der Waals surface area contributed by atoms with Crippen LogP contribution in [0.15, 0.2) is 78.9 Å². The maximum atomic E-state index is 15.2. The number of aliphatic hydroxyl groups excluding tert-OH is 2. The van der Waals surface area contributed by atoms with Crippen LogP contribution in [0.25, 0.3) is 0 Å². The molecule has 9 N–H and O–H groups in total. The predicted octanol–water partition coefficient (Wildman–Crippen LogP) is 0.862. The van der Waals surface area contributed by atoms with E-state index < -0.39 is 139 Å². The molecule has 5 rings (SSSR count). The number of carboxylic acids is 1. The number of hydrogen-bond donors (Lipinski definition) is 9. The first-order valence-corrected chi connectivity index (χ1v) is 25.4. The molecule has 0 unspecified atom stereocenters. The van der Waals surface area contributed by atoms with Gasteiger partial charge in [-0.25, -0.2) is 4.79 Å². The third-order valence-electron chi connectivity index (χ3n) is 13.8. The maximum Gasteiger partial charge on any atom is 0.329 e. The number of aliphatic hydroxyl groups is 2. The first kappa shape index (κ1) is 59.3. The smallest absolute Gasteiger partial charge is 0.329 e. The number of phenolic OH excluding ortho intramolecular Hbond substituents is 1. The van der Waals surface area contributed by atoms with Crippen molar-refractivity contribution in [2.24, 2.45) is 11.8 Å². The zero-order valence-corrected chi connectivity index (χ0v) is 43.8. The lowest BCUT2D eigenvalue weighted by molar-refractivity contribution is -0.165. The molecule has 22 heteroatoms. The van der Waals surface area contributed by atoms with Gasteiger partial charge in [0.25, 0.3) is 0 Å². The molecule has 2 heterocycles. The number of piperidine rings is 1. The number of nitrogens with zero attached hydrogens (tertiary/aromatic N) is 2. The quantitative estimate of drug-likeness (QED) is 0.0848. The van der Waals surface area contributed by atoms with Crippen LogP contribution in [0.5, 0.6) is 11.5 Å². The molecule has 11 atom stereocenters. The van der Waals surface area contributed by atoms with Gasteiger partial charge in [0.2, 0.25) is 41.4 Å². The van der Waals surface area contributed by atoms with Crippen LogP contribution in [-0.4, -0.2) is 158 Å². The minimum atomic E-state index is -1.90. The van der Waals surface area contributed by atoms with Crippen molar-refractivity contribution in [2.45, 2.75) is 147 Å². The minimum absolute atomic E-state index is 0.0795. The highest BCUT2D eigenvalue weighted by molar-refractivity contribution is 5.98. The summed E-state index contributed by atoms with van der Waals surface area (Å²) in [5, 5.41) is 54.9. The summed E-state index contributed by atoms with van der Waals surface area (Å²) >= 11 is 0. The molecule has 3 aromatic carbocycles. The van der Waals surface area contributed by atoms with Gasteiger partial charge in [0.1, 0.15) is 72.2 Å². The number of methoxy groups -OCH3 is 1. The van der Waals surface area contributed by atoms with Crippen LogP contribution < -0.4 is 31.3 Å². The van der Waals surface area contributed by atoms with Crippen LogP contribution >= 0.6 is 0 Å². The second-order valence-corrected chi connectivity index (χ2v) is 19.7. The van der Waals surface area contributed by atoms with Crippen LogP contribution in [0.2, 0.25) is 0 Å². The minimum Gasteiger partial charge on any atom is -0.508 e. The van der Waals surface area contributed by atoms with Crippen molar-refractivity contribution in [3.8, 4) is 11.5 Å². The lowest BCUT2D eigenvalue weighted by atomic mass is 9.95. The zero-order valence-electron chi connectivity index (χ0n) is 43.8. The van der Waals surface area contributed by atoms with Crippen molar-refractivity contribution in [1.82, 2.24) is 36.4 Å². The molecule has 0 saturated carbocycles. The van der Waals surface area contributed by atoms with E-state index in [1.54, 1.807) is 82.3 Å². The fourth-order valence-corrected chi connectivity index (χ4v) is 8.93. The fourth-order valence-electron chi connectivity index (χ4n) is 8.93. The lowest BCUT2D eigenvalue weighted by Gasteiger charge is -2.43. The number of esters is 1. The monoisotopic (exact) mass is 1060 g/mol. The molecule has 22 nitrogen and oxygen atoms in total. The van der Waals surface area contributed by atoms with Gasteiger partial charge in [-0.3, -0.25) is 38.4 Å². The number of fused-ring (bicyclic) bond motifs is 2. The number of amides is 7. The standard InChI is InChI=1S/C54H71N7O15/c1-8-30(4)46(66)51(71)55-37(23-25-43(64)65)47(67)59-45-31(5)76-54(74)44(29(2)3)58-49(69)40(27-33-14-18-35(62)19-15-33)60(6)53(73)41(28-34-16-20-36(75-7)21-17-34)61-42(63)24-22-38(52(61)72)56-48(68)39(57-50(45)70)26-32-12-10-9-11-13-32/h9-21,29-31,37-42,44-46,62-63,66H,8,22-28H2,1-7H3,(H,55,71)(H,56,68)(H,57,70)(H,58,69)(H,59,67)(H,64,65)/t30-,31+,37-,38-,39-,40-,41-,42+,44+,45+,46-/m0/s1. The summed E-state index contributed by atoms with van der Waals surface area (Å²) in [5.74, 6) is -9.97. The fraction of sp³-hybridized carbons (Fsp3) is 0.500. The Morgan fingerprint density at radius 1 is 0.776 bits per heavy atom. The average Bonchev–Trinajstić information content (AvgIpc) is 3.39. The number of aromatic hydroxyl groups is 1. The molecular weight excluding hydrogens is 987 g/mol. The van der Waals surface area contributed by atoms with Gasteiger partial charge in [0, 0.05) is 32.7 Å². The summed E-state index contributed by atoms with van der Waals surface area (Å²) in [6.07, 6.45) is -6.40. The Bertz CT molecular complexity index is 2530. The van der Waals surface area contributed by atoms with Gasteiger partial charge in [-0.05, 0) is 79.0 Å². The Hall–Kier alpha value is -7.59. The summed E-state index contributed by atoms with van der Waals surface area (Å²) < 4.78 is 11.2. The highest BCUT2D eigenvalue weighted by atomic mass is 16.5. The molecule has 3 aromatic rings. The second-order valence-electron chi connectivity index (χ2n) is 19.7. The van der Waals surface area contributed by atoms with Gasteiger partial charge < -0.3 is 66.3 Å². The first-order valence-electron chi connectivity index (χ1n) is 25.4. The second kappa shape index (κ2) is 27.3. The van der Waals surface area contributed by atoms with Crippen molar-refractivity contribution in [3.05, 3.63) is 95.6 Å². The third kappa shape index (κ3) is 15.7. The number of rotatable bonds is 17. The number of phenols is 1. The van der Waals surface area contributed by atoms with E-state index in [0.717, 1.165) is 9.80 Å². The zero-order chi connectivity index (χ0) is 56.0. The molecule has 0 radical (unpaired) electrons. The number of likely N-dealkylation sites (N-methyl/N-ethyl adjacent to an activating group) is 1. The van der Waals surface area contributed by atoms with Crippen LogP contribution in [-0.2, 0) is 67.2 Å². The third-order valence-corrected chi connectivity index (χ3v) is 13.8.